The standard InChI is InChI=1S/C10H10BrNO2/c1-6-5-14-9-4-7(11)2-3-8(9)12-10(6)13/h2-4,6H,5H2,1H3,(H,12,13). The van der Waals surface area contributed by atoms with Crippen LogP contribution in [0.4, 0.5) is 5.69 Å². The molecule has 1 aliphatic heterocycles. The summed E-state index contributed by atoms with van der Waals surface area (Å²) >= 11 is 3.35. The molecule has 1 heterocycles. The van der Waals surface area contributed by atoms with Crippen LogP contribution in [0.2, 0.25) is 0 Å². The molecule has 0 spiro atoms. The van der Waals surface area contributed by atoms with Gasteiger partial charge in [0.25, 0.3) is 0 Å². The number of carbonyl (C=O) groups excluding carboxylic acids is 1. The lowest BCUT2D eigenvalue weighted by molar-refractivity contribution is -0.119. The molecule has 0 saturated carbocycles. The van der Waals surface area contributed by atoms with E-state index >= 15 is 0 Å². The van der Waals surface area contributed by atoms with Gasteiger partial charge in [-0.2, -0.15) is 0 Å². The second kappa shape index (κ2) is 3.61. The van der Waals surface area contributed by atoms with Crippen LogP contribution in [0.25, 0.3) is 0 Å². The van der Waals surface area contributed by atoms with Crippen LogP contribution in [0.15, 0.2) is 22.7 Å². The van der Waals surface area contributed by atoms with E-state index in [1.807, 2.05) is 25.1 Å². The molecule has 2 rings (SSSR count). The summed E-state index contributed by atoms with van der Waals surface area (Å²) in [6.07, 6.45) is 0. The van der Waals surface area contributed by atoms with Gasteiger partial charge in [0.05, 0.1) is 18.2 Å². The topological polar surface area (TPSA) is 38.3 Å². The quantitative estimate of drug-likeness (QED) is 0.774. The molecule has 0 aliphatic carbocycles. The molecule has 0 fully saturated rings. The molecule has 0 bridgehead atoms. The maximum absolute atomic E-state index is 11.5. The minimum atomic E-state index is -0.110. The lowest BCUT2D eigenvalue weighted by Gasteiger charge is -2.06. The first-order chi connectivity index (χ1) is 6.66. The van der Waals surface area contributed by atoms with Gasteiger partial charge in [-0.3, -0.25) is 4.79 Å². The molecule has 4 heteroatoms. The van der Waals surface area contributed by atoms with Gasteiger partial charge in [-0.15, -0.1) is 0 Å². The number of amides is 1. The molecule has 1 amide bonds. The first kappa shape index (κ1) is 9.52. The van der Waals surface area contributed by atoms with Crippen LogP contribution in [0.5, 0.6) is 5.75 Å². The third-order valence-electron chi connectivity index (χ3n) is 2.14. The van der Waals surface area contributed by atoms with Crippen LogP contribution in [0.1, 0.15) is 6.92 Å². The first-order valence-electron chi connectivity index (χ1n) is 4.40. The minimum absolute atomic E-state index is 0.00562. The number of anilines is 1. The van der Waals surface area contributed by atoms with Gasteiger partial charge in [0, 0.05) is 4.47 Å². The number of rotatable bonds is 0. The number of ether oxygens (including phenoxy) is 1. The molecule has 1 atom stereocenters. The number of carbonyl (C=O) groups is 1. The Labute approximate surface area is 90.6 Å². The highest BCUT2D eigenvalue weighted by Crippen LogP contribution is 2.30. The highest BCUT2D eigenvalue weighted by atomic mass is 79.9. The zero-order chi connectivity index (χ0) is 10.1. The van der Waals surface area contributed by atoms with Crippen molar-refractivity contribution in [3.63, 3.8) is 0 Å². The molecule has 1 aromatic carbocycles. The molecule has 1 aromatic rings. The molecule has 1 N–H and O–H groups in total. The van der Waals surface area contributed by atoms with Gasteiger partial charge in [-0.25, -0.2) is 0 Å². The van der Waals surface area contributed by atoms with Gasteiger partial charge in [0.2, 0.25) is 5.91 Å². The predicted molar refractivity (Wildman–Crippen MR) is 57.4 cm³/mol. The summed E-state index contributed by atoms with van der Waals surface area (Å²) in [5.74, 6) is 0.615. The molecular formula is C10H10BrNO2. The Kier molecular flexibility index (Phi) is 2.46. The van der Waals surface area contributed by atoms with Crippen molar-refractivity contribution >= 4 is 27.5 Å². The van der Waals surface area contributed by atoms with E-state index in [9.17, 15) is 4.79 Å². The van der Waals surface area contributed by atoms with Crippen molar-refractivity contribution in [2.24, 2.45) is 5.92 Å². The molecule has 14 heavy (non-hydrogen) atoms. The Balaban J connectivity index is 2.37. The van der Waals surface area contributed by atoms with Crippen molar-refractivity contribution in [3.05, 3.63) is 22.7 Å². The van der Waals surface area contributed by atoms with Gasteiger partial charge in [-0.05, 0) is 18.2 Å². The monoisotopic (exact) mass is 255 g/mol. The van der Waals surface area contributed by atoms with Crippen molar-refractivity contribution in [1.29, 1.82) is 0 Å². The van der Waals surface area contributed by atoms with E-state index in [1.54, 1.807) is 0 Å². The maximum atomic E-state index is 11.5. The summed E-state index contributed by atoms with van der Waals surface area (Å²) < 4.78 is 6.44. The first-order valence-corrected chi connectivity index (χ1v) is 5.19. The van der Waals surface area contributed by atoms with Gasteiger partial charge in [0.1, 0.15) is 5.75 Å². The second-order valence-corrected chi connectivity index (χ2v) is 4.26. The molecule has 0 radical (unpaired) electrons. The molecular weight excluding hydrogens is 246 g/mol. The Bertz CT molecular complexity index is 378. The van der Waals surface area contributed by atoms with E-state index in [0.29, 0.717) is 6.61 Å². The SMILES string of the molecule is CC1COc2cc(Br)ccc2NC1=O. The smallest absolute Gasteiger partial charge is 0.230 e. The van der Waals surface area contributed by atoms with Crippen LogP contribution >= 0.6 is 15.9 Å². The number of hydrogen-bond donors (Lipinski definition) is 1. The summed E-state index contributed by atoms with van der Waals surface area (Å²) in [6, 6.07) is 5.56. The largest absolute Gasteiger partial charge is 0.491 e. The highest BCUT2D eigenvalue weighted by Gasteiger charge is 2.20. The van der Waals surface area contributed by atoms with Crippen LogP contribution in [-0.2, 0) is 4.79 Å². The van der Waals surface area contributed by atoms with E-state index in [-0.39, 0.29) is 11.8 Å². The van der Waals surface area contributed by atoms with Gasteiger partial charge in [-0.1, -0.05) is 22.9 Å². The van der Waals surface area contributed by atoms with Crippen molar-refractivity contribution < 1.29 is 9.53 Å². The molecule has 3 nitrogen and oxygen atoms in total. The van der Waals surface area contributed by atoms with E-state index in [1.165, 1.54) is 0 Å². The predicted octanol–water partition coefficient (Wildman–Crippen LogP) is 2.42. The lowest BCUT2D eigenvalue weighted by Crippen LogP contribution is -2.21. The third-order valence-corrected chi connectivity index (χ3v) is 2.63. The van der Waals surface area contributed by atoms with E-state index in [0.717, 1.165) is 15.9 Å². The molecule has 0 aromatic heterocycles. The van der Waals surface area contributed by atoms with E-state index in [2.05, 4.69) is 21.2 Å². The van der Waals surface area contributed by atoms with Gasteiger partial charge < -0.3 is 10.1 Å². The summed E-state index contributed by atoms with van der Waals surface area (Å²) in [7, 11) is 0. The van der Waals surface area contributed by atoms with Crippen LogP contribution in [0.3, 0.4) is 0 Å². The fourth-order valence-electron chi connectivity index (χ4n) is 1.27. The number of fused-ring (bicyclic) bond motifs is 1. The van der Waals surface area contributed by atoms with Crippen molar-refractivity contribution in [2.45, 2.75) is 6.92 Å². The summed E-state index contributed by atoms with van der Waals surface area (Å²) in [5, 5.41) is 2.81. The van der Waals surface area contributed by atoms with Gasteiger partial charge >= 0.3 is 0 Å². The zero-order valence-corrected chi connectivity index (χ0v) is 9.30. The average Bonchev–Trinajstić information content (AvgIpc) is 2.29. The lowest BCUT2D eigenvalue weighted by atomic mass is 10.2. The number of halogens is 1. The number of hydrogen-bond acceptors (Lipinski definition) is 2. The highest BCUT2D eigenvalue weighted by molar-refractivity contribution is 9.10. The van der Waals surface area contributed by atoms with Crippen LogP contribution in [0, 0.1) is 5.92 Å². The fourth-order valence-corrected chi connectivity index (χ4v) is 1.61. The minimum Gasteiger partial charge on any atom is -0.491 e. The van der Waals surface area contributed by atoms with E-state index < -0.39 is 0 Å². The molecule has 1 unspecified atom stereocenters. The summed E-state index contributed by atoms with van der Waals surface area (Å²) in [5.41, 5.74) is 0.738. The van der Waals surface area contributed by atoms with Crippen molar-refractivity contribution in [2.75, 3.05) is 11.9 Å². The van der Waals surface area contributed by atoms with Crippen molar-refractivity contribution in [3.8, 4) is 5.75 Å². The Morgan fingerprint density at radius 1 is 1.57 bits per heavy atom. The Morgan fingerprint density at radius 2 is 2.36 bits per heavy atom. The van der Waals surface area contributed by atoms with Crippen LogP contribution < -0.4 is 10.1 Å². The normalized spacial score (nSPS) is 20.4. The number of benzene rings is 1. The molecule has 74 valence electrons. The number of nitrogens with one attached hydrogen (secondary N) is 1. The van der Waals surface area contributed by atoms with E-state index in [4.69, 9.17) is 4.74 Å². The Morgan fingerprint density at radius 3 is 3.14 bits per heavy atom. The second-order valence-electron chi connectivity index (χ2n) is 3.34. The Hall–Kier alpha value is -1.03. The van der Waals surface area contributed by atoms with Crippen LogP contribution in [-0.4, -0.2) is 12.5 Å². The average molecular weight is 256 g/mol. The molecule has 0 saturated heterocycles. The fraction of sp³-hybridized carbons (Fsp3) is 0.300. The zero-order valence-electron chi connectivity index (χ0n) is 7.71. The maximum Gasteiger partial charge on any atom is 0.230 e. The van der Waals surface area contributed by atoms with Crippen molar-refractivity contribution in [1.82, 2.24) is 0 Å². The van der Waals surface area contributed by atoms with Gasteiger partial charge in [0.15, 0.2) is 0 Å². The molecule has 1 aliphatic rings. The third kappa shape index (κ3) is 1.75. The summed E-state index contributed by atoms with van der Waals surface area (Å²) in [4.78, 5) is 11.5. The summed E-state index contributed by atoms with van der Waals surface area (Å²) in [6.45, 7) is 2.27.